The minimum Gasteiger partial charge on any atom is -0.497 e. The first-order chi connectivity index (χ1) is 11.0. The number of halogens is 1. The zero-order chi connectivity index (χ0) is 16.8. The third-order valence-electron chi connectivity index (χ3n) is 3.73. The summed E-state index contributed by atoms with van der Waals surface area (Å²) in [6.45, 7) is 6.10. The Morgan fingerprint density at radius 1 is 1.17 bits per heavy atom. The predicted molar refractivity (Wildman–Crippen MR) is 98.6 cm³/mol. The topological polar surface area (TPSA) is 33.3 Å². The Kier molecular flexibility index (Phi) is 5.94. The summed E-state index contributed by atoms with van der Waals surface area (Å²) < 4.78 is 5.18. The highest BCUT2D eigenvalue weighted by Gasteiger charge is 2.08. The summed E-state index contributed by atoms with van der Waals surface area (Å²) in [5.41, 5.74) is 4.50. The summed E-state index contributed by atoms with van der Waals surface area (Å²) in [5.74, 6) is 0.850. The number of hydrogen-bond donors (Lipinski definition) is 2. The summed E-state index contributed by atoms with van der Waals surface area (Å²) >= 11 is 6.04. The zero-order valence-electron chi connectivity index (χ0n) is 14.0. The van der Waals surface area contributed by atoms with Gasteiger partial charge in [0.05, 0.1) is 12.3 Å². The van der Waals surface area contributed by atoms with Gasteiger partial charge in [0.2, 0.25) is 0 Å². The van der Waals surface area contributed by atoms with Crippen LogP contribution in [0.4, 0.5) is 11.4 Å². The van der Waals surface area contributed by atoms with Crippen LogP contribution in [0.3, 0.4) is 0 Å². The lowest BCUT2D eigenvalue weighted by atomic mass is 10.0. The molecule has 0 radical (unpaired) electrons. The first-order valence-electron chi connectivity index (χ1n) is 7.63. The highest BCUT2D eigenvalue weighted by atomic mass is 35.5. The van der Waals surface area contributed by atoms with Crippen LogP contribution < -0.4 is 15.4 Å². The number of rotatable bonds is 6. The lowest BCUT2D eigenvalue weighted by Crippen LogP contribution is -2.15. The van der Waals surface area contributed by atoms with Crippen molar-refractivity contribution in [2.24, 2.45) is 0 Å². The van der Waals surface area contributed by atoms with E-state index in [9.17, 15) is 0 Å². The molecule has 0 amide bonds. The van der Waals surface area contributed by atoms with Crippen LogP contribution in [0, 0.1) is 6.92 Å². The van der Waals surface area contributed by atoms with E-state index in [-0.39, 0.29) is 6.04 Å². The summed E-state index contributed by atoms with van der Waals surface area (Å²) in [6, 6.07) is 14.4. The first-order valence-corrected chi connectivity index (χ1v) is 8.01. The van der Waals surface area contributed by atoms with E-state index in [0.29, 0.717) is 5.16 Å². The maximum absolute atomic E-state index is 6.04. The normalized spacial score (nSPS) is 12.7. The van der Waals surface area contributed by atoms with Crippen molar-refractivity contribution in [1.29, 1.82) is 0 Å². The van der Waals surface area contributed by atoms with Gasteiger partial charge in [-0.3, -0.25) is 0 Å². The molecule has 4 heteroatoms. The molecule has 0 aromatic heterocycles. The van der Waals surface area contributed by atoms with Crippen LogP contribution in [-0.4, -0.2) is 7.11 Å². The van der Waals surface area contributed by atoms with Crippen LogP contribution in [0.5, 0.6) is 5.75 Å². The van der Waals surface area contributed by atoms with Crippen molar-refractivity contribution >= 4 is 23.0 Å². The average molecular weight is 331 g/mol. The summed E-state index contributed by atoms with van der Waals surface area (Å²) in [6.07, 6.45) is 1.85. The van der Waals surface area contributed by atoms with Gasteiger partial charge in [0.15, 0.2) is 0 Å². The number of hydrogen-bond acceptors (Lipinski definition) is 3. The van der Waals surface area contributed by atoms with Crippen LogP contribution in [0.1, 0.15) is 31.0 Å². The standard InChI is InChI=1S/C19H23ClN2O/c1-5-19(20)21-14(3)15-6-11-18(13(2)12-15)22-16-7-9-17(23-4)10-8-16/h5-12,14,21-22H,1-4H3/b19-5-. The smallest absolute Gasteiger partial charge is 0.119 e. The SMILES string of the molecule is C/C=C(/Cl)NC(C)c1ccc(Nc2ccc(OC)cc2)c(C)c1. The largest absolute Gasteiger partial charge is 0.497 e. The predicted octanol–water partition coefficient (Wildman–Crippen LogP) is 5.50. The second kappa shape index (κ2) is 7.93. The molecule has 2 aromatic rings. The molecule has 1 unspecified atom stereocenters. The number of methoxy groups -OCH3 is 1. The van der Waals surface area contributed by atoms with Gasteiger partial charge >= 0.3 is 0 Å². The Hall–Kier alpha value is -2.13. The number of anilines is 2. The van der Waals surface area contributed by atoms with Gasteiger partial charge in [0.1, 0.15) is 5.75 Å². The molecular formula is C19H23ClN2O. The van der Waals surface area contributed by atoms with Gasteiger partial charge in [-0.05, 0) is 62.2 Å². The number of nitrogens with one attached hydrogen (secondary N) is 2. The fraction of sp³-hybridized carbons (Fsp3) is 0.263. The minimum atomic E-state index is 0.160. The van der Waals surface area contributed by atoms with Crippen LogP contribution in [-0.2, 0) is 0 Å². The van der Waals surface area contributed by atoms with E-state index in [0.717, 1.165) is 17.1 Å². The second-order valence-corrected chi connectivity index (χ2v) is 5.84. The van der Waals surface area contributed by atoms with Crippen LogP contribution in [0.25, 0.3) is 0 Å². The molecule has 3 nitrogen and oxygen atoms in total. The summed E-state index contributed by atoms with van der Waals surface area (Å²) in [4.78, 5) is 0. The maximum atomic E-state index is 6.04. The molecule has 0 saturated heterocycles. The van der Waals surface area contributed by atoms with Crippen molar-refractivity contribution in [1.82, 2.24) is 5.32 Å². The highest BCUT2D eigenvalue weighted by Crippen LogP contribution is 2.25. The van der Waals surface area contributed by atoms with Gasteiger partial charge in [-0.15, -0.1) is 0 Å². The monoisotopic (exact) mass is 330 g/mol. The Bertz CT molecular complexity index is 680. The van der Waals surface area contributed by atoms with Crippen LogP contribution in [0.15, 0.2) is 53.7 Å². The van der Waals surface area contributed by atoms with Gasteiger partial charge < -0.3 is 15.4 Å². The van der Waals surface area contributed by atoms with E-state index in [2.05, 4.69) is 42.7 Å². The van der Waals surface area contributed by atoms with Gasteiger partial charge in [0.25, 0.3) is 0 Å². The maximum Gasteiger partial charge on any atom is 0.119 e. The van der Waals surface area contributed by atoms with E-state index in [1.54, 1.807) is 7.11 Å². The van der Waals surface area contributed by atoms with Crippen molar-refractivity contribution in [2.45, 2.75) is 26.8 Å². The molecule has 0 fully saturated rings. The molecule has 122 valence electrons. The van der Waals surface area contributed by atoms with Gasteiger partial charge in [-0.2, -0.15) is 0 Å². The summed E-state index contributed by atoms with van der Waals surface area (Å²) in [5, 5.41) is 7.34. The number of ether oxygens (including phenoxy) is 1. The Morgan fingerprint density at radius 3 is 2.43 bits per heavy atom. The van der Waals surface area contributed by atoms with Crippen molar-refractivity contribution in [2.75, 3.05) is 12.4 Å². The Balaban J connectivity index is 2.12. The molecule has 0 saturated carbocycles. The van der Waals surface area contributed by atoms with Crippen LogP contribution >= 0.6 is 11.6 Å². The van der Waals surface area contributed by atoms with E-state index < -0.39 is 0 Å². The molecular weight excluding hydrogens is 308 g/mol. The van der Waals surface area contributed by atoms with Gasteiger partial charge in [0, 0.05) is 17.4 Å². The molecule has 23 heavy (non-hydrogen) atoms. The third kappa shape index (κ3) is 4.67. The average Bonchev–Trinajstić information content (AvgIpc) is 2.57. The summed E-state index contributed by atoms with van der Waals surface area (Å²) in [7, 11) is 1.67. The molecule has 0 spiro atoms. The van der Waals surface area contributed by atoms with Crippen molar-refractivity contribution in [3.63, 3.8) is 0 Å². The highest BCUT2D eigenvalue weighted by molar-refractivity contribution is 6.29. The molecule has 0 bridgehead atoms. The van der Waals surface area contributed by atoms with E-state index in [1.807, 2.05) is 37.3 Å². The number of aryl methyl sites for hydroxylation is 1. The fourth-order valence-corrected chi connectivity index (χ4v) is 2.46. The minimum absolute atomic E-state index is 0.160. The van der Waals surface area contributed by atoms with Crippen molar-refractivity contribution in [3.8, 4) is 5.75 Å². The number of allylic oxidation sites excluding steroid dienone is 1. The molecule has 0 heterocycles. The molecule has 2 rings (SSSR count). The van der Waals surface area contributed by atoms with E-state index in [1.165, 1.54) is 11.1 Å². The molecule has 1 atom stereocenters. The Morgan fingerprint density at radius 2 is 1.87 bits per heavy atom. The van der Waals surface area contributed by atoms with Gasteiger partial charge in [-0.25, -0.2) is 0 Å². The fourth-order valence-electron chi connectivity index (χ4n) is 2.30. The Labute approximate surface area is 143 Å². The first kappa shape index (κ1) is 17.2. The van der Waals surface area contributed by atoms with Crippen LogP contribution in [0.2, 0.25) is 0 Å². The quantitative estimate of drug-likeness (QED) is 0.686. The number of benzene rings is 2. The molecule has 2 N–H and O–H groups in total. The molecule has 2 aromatic carbocycles. The lowest BCUT2D eigenvalue weighted by Gasteiger charge is -2.17. The second-order valence-electron chi connectivity index (χ2n) is 5.43. The third-order valence-corrected chi connectivity index (χ3v) is 4.05. The van der Waals surface area contributed by atoms with Crippen molar-refractivity contribution in [3.05, 3.63) is 64.8 Å². The molecule has 0 aliphatic heterocycles. The lowest BCUT2D eigenvalue weighted by molar-refractivity contribution is 0.415. The molecule has 0 aliphatic rings. The van der Waals surface area contributed by atoms with E-state index in [4.69, 9.17) is 16.3 Å². The zero-order valence-corrected chi connectivity index (χ0v) is 14.7. The van der Waals surface area contributed by atoms with Crippen molar-refractivity contribution < 1.29 is 4.74 Å². The van der Waals surface area contributed by atoms with E-state index >= 15 is 0 Å². The van der Waals surface area contributed by atoms with Gasteiger partial charge in [-0.1, -0.05) is 29.8 Å². The molecule has 0 aliphatic carbocycles.